The molecule has 2 rings (SSSR count). The Morgan fingerprint density at radius 1 is 1.06 bits per heavy atom. The molecule has 1 aliphatic heterocycles. The molecule has 11 heteroatoms. The van der Waals surface area contributed by atoms with Gasteiger partial charge in [0.2, 0.25) is 17.7 Å². The highest BCUT2D eigenvalue weighted by atomic mass is 19.3. The first-order chi connectivity index (χ1) is 16.6. The Morgan fingerprint density at radius 2 is 1.64 bits per heavy atom. The quantitative estimate of drug-likeness (QED) is 0.379. The van der Waals surface area contributed by atoms with Crippen LogP contribution in [0.5, 0.6) is 0 Å². The molecule has 1 heterocycles. The van der Waals surface area contributed by atoms with Crippen molar-refractivity contribution < 1.29 is 37.7 Å². The minimum Gasteiger partial charge on any atom is -0.465 e. The van der Waals surface area contributed by atoms with Crippen LogP contribution in [0.3, 0.4) is 0 Å². The van der Waals surface area contributed by atoms with Gasteiger partial charge in [-0.3, -0.25) is 9.59 Å². The highest BCUT2D eigenvalue weighted by Crippen LogP contribution is 2.47. The Bertz CT molecular complexity index is 773. The van der Waals surface area contributed by atoms with Gasteiger partial charge in [-0.1, -0.05) is 40.0 Å². The van der Waals surface area contributed by atoms with Crippen molar-refractivity contribution in [1.29, 1.82) is 0 Å². The number of hydrogen-bond acceptors (Lipinski definition) is 5. The maximum atomic E-state index is 13.7. The molecule has 208 valence electrons. The molecule has 3 amide bonds. The third kappa shape index (κ3) is 7.99. The van der Waals surface area contributed by atoms with Gasteiger partial charge < -0.3 is 30.1 Å². The van der Waals surface area contributed by atoms with E-state index in [9.17, 15) is 28.3 Å². The molecule has 1 spiro atoms. The zero-order valence-corrected chi connectivity index (χ0v) is 22.4. The van der Waals surface area contributed by atoms with E-state index in [2.05, 4.69) is 10.6 Å². The first kappa shape index (κ1) is 30.2. The number of alkyl halides is 2. The molecule has 1 aliphatic carbocycles. The van der Waals surface area contributed by atoms with Crippen molar-refractivity contribution in [3.05, 3.63) is 0 Å². The summed E-state index contributed by atoms with van der Waals surface area (Å²) in [4.78, 5) is 40.3. The Morgan fingerprint density at radius 3 is 2.11 bits per heavy atom. The lowest BCUT2D eigenvalue weighted by Crippen LogP contribution is -2.58. The number of carbonyl (C=O) groups is 3. The lowest BCUT2D eigenvalue weighted by Gasteiger charge is -2.36. The van der Waals surface area contributed by atoms with Crippen LogP contribution in [0.15, 0.2) is 0 Å². The van der Waals surface area contributed by atoms with Crippen LogP contribution in [0.2, 0.25) is 0 Å². The molecular formula is C25H43F2N3O6. The molecule has 0 aromatic heterocycles. The molecule has 36 heavy (non-hydrogen) atoms. The van der Waals surface area contributed by atoms with Gasteiger partial charge in [0.1, 0.15) is 12.1 Å². The van der Waals surface area contributed by atoms with Crippen LogP contribution in [0.1, 0.15) is 79.1 Å². The third-order valence-electron chi connectivity index (χ3n) is 7.40. The number of likely N-dealkylation sites (tertiary alicyclic amines) is 1. The van der Waals surface area contributed by atoms with E-state index in [1.807, 2.05) is 0 Å². The van der Waals surface area contributed by atoms with Gasteiger partial charge in [-0.05, 0) is 43.4 Å². The van der Waals surface area contributed by atoms with Crippen molar-refractivity contribution in [2.24, 2.45) is 10.8 Å². The minimum atomic E-state index is -2.93. The van der Waals surface area contributed by atoms with Crippen molar-refractivity contribution in [2.45, 2.75) is 109 Å². The Labute approximate surface area is 212 Å². The summed E-state index contributed by atoms with van der Waals surface area (Å²) >= 11 is 0. The van der Waals surface area contributed by atoms with Crippen molar-refractivity contribution >= 4 is 17.9 Å². The van der Waals surface area contributed by atoms with Crippen molar-refractivity contribution in [1.82, 2.24) is 15.5 Å². The summed E-state index contributed by atoms with van der Waals surface area (Å²) in [6, 6.07) is -2.76. The summed E-state index contributed by atoms with van der Waals surface area (Å²) in [6.45, 7) is 6.45. The number of methoxy groups -OCH3 is 2. The molecule has 0 aromatic carbocycles. The van der Waals surface area contributed by atoms with Crippen molar-refractivity contribution in [3.8, 4) is 0 Å². The molecule has 0 radical (unpaired) electrons. The molecular weight excluding hydrogens is 476 g/mol. The average molecular weight is 520 g/mol. The molecule has 3 N–H and O–H groups in total. The highest BCUT2D eigenvalue weighted by Gasteiger charge is 2.51. The fraction of sp³-hybridized carbons (Fsp3) is 0.880. The summed E-state index contributed by atoms with van der Waals surface area (Å²) in [5, 5.41) is 14.5. The molecule has 2 aliphatic rings. The average Bonchev–Trinajstić information content (AvgIpc) is 3.14. The standard InChI is InChI=1S/C25H43F2N3O6/c1-23(2,3)18(29-22(33)34)20(32)30-15-25(11-8-7-9-12-25)14-17(30)19(31)28-16(21(35-5)36-6)10-13-24(4,26)27/h16-18,21,29H,7-15H2,1-6H3,(H,28,31)(H,33,34). The topological polar surface area (TPSA) is 117 Å². The van der Waals surface area contributed by atoms with E-state index in [0.29, 0.717) is 13.0 Å². The van der Waals surface area contributed by atoms with Gasteiger partial charge in [0.15, 0.2) is 6.29 Å². The smallest absolute Gasteiger partial charge is 0.405 e. The van der Waals surface area contributed by atoms with Crippen molar-refractivity contribution in [3.63, 3.8) is 0 Å². The van der Waals surface area contributed by atoms with Crippen LogP contribution in [0.4, 0.5) is 13.6 Å². The molecule has 0 bridgehead atoms. The molecule has 3 unspecified atom stereocenters. The largest absolute Gasteiger partial charge is 0.465 e. The van der Waals surface area contributed by atoms with E-state index in [1.165, 1.54) is 19.1 Å². The fourth-order valence-corrected chi connectivity index (χ4v) is 5.51. The highest BCUT2D eigenvalue weighted by molar-refractivity contribution is 5.92. The number of nitrogens with zero attached hydrogens (tertiary/aromatic N) is 1. The van der Waals surface area contributed by atoms with E-state index >= 15 is 0 Å². The number of nitrogens with one attached hydrogen (secondary N) is 2. The van der Waals surface area contributed by atoms with Gasteiger partial charge in [-0.2, -0.15) is 0 Å². The lowest BCUT2D eigenvalue weighted by molar-refractivity contribution is -0.148. The monoisotopic (exact) mass is 519 g/mol. The number of carbonyl (C=O) groups excluding carboxylic acids is 2. The Balaban J connectivity index is 2.35. The van der Waals surface area contributed by atoms with Crippen LogP contribution in [-0.2, 0) is 19.1 Å². The van der Waals surface area contributed by atoms with Crippen LogP contribution >= 0.6 is 0 Å². The molecule has 2 fully saturated rings. The van der Waals surface area contributed by atoms with Gasteiger partial charge in [-0.25, -0.2) is 13.6 Å². The number of carboxylic acid groups (broad SMARTS) is 1. The lowest BCUT2D eigenvalue weighted by atomic mass is 9.72. The third-order valence-corrected chi connectivity index (χ3v) is 7.40. The number of ether oxygens (including phenoxy) is 2. The van der Waals surface area contributed by atoms with Gasteiger partial charge in [0.05, 0.1) is 6.04 Å². The van der Waals surface area contributed by atoms with E-state index in [4.69, 9.17) is 9.47 Å². The van der Waals surface area contributed by atoms with E-state index in [1.54, 1.807) is 20.8 Å². The molecule has 0 aromatic rings. The fourth-order valence-electron chi connectivity index (χ4n) is 5.51. The number of amides is 3. The summed E-state index contributed by atoms with van der Waals surface area (Å²) in [5.41, 5.74) is -0.958. The maximum Gasteiger partial charge on any atom is 0.405 e. The van der Waals surface area contributed by atoms with Crippen LogP contribution in [0, 0.1) is 10.8 Å². The summed E-state index contributed by atoms with van der Waals surface area (Å²) in [6.07, 6.45) is 2.44. The number of halogens is 2. The van der Waals surface area contributed by atoms with Gasteiger partial charge >= 0.3 is 6.09 Å². The minimum absolute atomic E-state index is 0.0847. The summed E-state index contributed by atoms with van der Waals surface area (Å²) in [5.74, 6) is -3.87. The number of rotatable bonds is 10. The maximum absolute atomic E-state index is 13.7. The van der Waals surface area contributed by atoms with Crippen LogP contribution in [0.25, 0.3) is 0 Å². The SMILES string of the molecule is COC(OC)C(CCC(C)(F)F)NC(=O)C1CC2(CCCCC2)CN1C(=O)C(NC(=O)O)C(C)(C)C. The molecule has 3 atom stereocenters. The van der Waals surface area contributed by atoms with E-state index < -0.39 is 60.1 Å². The zero-order valence-electron chi connectivity index (χ0n) is 22.4. The van der Waals surface area contributed by atoms with Gasteiger partial charge in [-0.15, -0.1) is 0 Å². The van der Waals surface area contributed by atoms with Gasteiger partial charge in [0.25, 0.3) is 0 Å². The van der Waals surface area contributed by atoms with E-state index in [0.717, 1.165) is 39.0 Å². The predicted octanol–water partition coefficient (Wildman–Crippen LogP) is 3.76. The predicted molar refractivity (Wildman–Crippen MR) is 130 cm³/mol. The Hall–Kier alpha value is -2.01. The molecule has 1 saturated carbocycles. The first-order valence-electron chi connectivity index (χ1n) is 12.7. The second-order valence-electron chi connectivity index (χ2n) is 11.6. The number of hydrogen-bond donors (Lipinski definition) is 3. The normalized spacial score (nSPS) is 21.9. The molecule has 9 nitrogen and oxygen atoms in total. The molecule has 1 saturated heterocycles. The summed E-state index contributed by atoms with van der Waals surface area (Å²) in [7, 11) is 2.73. The second kappa shape index (κ2) is 12.0. The van der Waals surface area contributed by atoms with E-state index in [-0.39, 0.29) is 11.8 Å². The van der Waals surface area contributed by atoms with Gasteiger partial charge in [0, 0.05) is 27.2 Å². The first-order valence-corrected chi connectivity index (χ1v) is 12.7. The second-order valence-corrected chi connectivity index (χ2v) is 11.6. The van der Waals surface area contributed by atoms with Crippen molar-refractivity contribution in [2.75, 3.05) is 20.8 Å². The van der Waals surface area contributed by atoms with Crippen LogP contribution < -0.4 is 10.6 Å². The Kier molecular flexibility index (Phi) is 10.1. The zero-order chi connectivity index (χ0) is 27.3. The summed E-state index contributed by atoms with van der Waals surface area (Å²) < 4.78 is 37.7. The van der Waals surface area contributed by atoms with Crippen LogP contribution in [-0.4, -0.2) is 79.0 Å².